The Kier molecular flexibility index (Phi) is 3.58. The van der Waals surface area contributed by atoms with Gasteiger partial charge in [-0.2, -0.15) is 0 Å². The van der Waals surface area contributed by atoms with Crippen molar-refractivity contribution < 1.29 is 9.90 Å². The van der Waals surface area contributed by atoms with E-state index in [-0.39, 0.29) is 28.8 Å². The monoisotopic (exact) mass is 263 g/mol. The third-order valence-corrected chi connectivity index (χ3v) is 3.27. The predicted molar refractivity (Wildman–Crippen MR) is 59.4 cm³/mol. The van der Waals surface area contributed by atoms with Crippen LogP contribution in [0.1, 0.15) is 27.2 Å². The molecule has 14 heavy (non-hydrogen) atoms. The summed E-state index contributed by atoms with van der Waals surface area (Å²) < 4.78 is 0. The molecule has 1 rings (SSSR count). The first-order valence-corrected chi connectivity index (χ1v) is 5.82. The third-order valence-electron chi connectivity index (χ3n) is 2.66. The van der Waals surface area contributed by atoms with E-state index in [0.717, 1.165) is 0 Å². The summed E-state index contributed by atoms with van der Waals surface area (Å²) in [6, 6.07) is -0.0717. The highest BCUT2D eigenvalue weighted by atomic mass is 79.9. The molecule has 0 spiro atoms. The average Bonchev–Trinajstić information content (AvgIpc) is 2.29. The largest absolute Gasteiger partial charge is 0.394 e. The Hall–Kier alpha value is -0.0900. The van der Waals surface area contributed by atoms with Crippen LogP contribution in [0.3, 0.4) is 0 Å². The van der Waals surface area contributed by atoms with Crippen molar-refractivity contribution in [3.8, 4) is 0 Å². The Morgan fingerprint density at radius 2 is 2.21 bits per heavy atom. The van der Waals surface area contributed by atoms with Gasteiger partial charge >= 0.3 is 0 Å². The van der Waals surface area contributed by atoms with Crippen molar-refractivity contribution in [2.24, 2.45) is 5.41 Å². The first-order valence-electron chi connectivity index (χ1n) is 4.90. The molecule has 0 aromatic carbocycles. The van der Waals surface area contributed by atoms with E-state index in [2.05, 4.69) is 15.9 Å². The van der Waals surface area contributed by atoms with Gasteiger partial charge in [0.05, 0.1) is 12.6 Å². The summed E-state index contributed by atoms with van der Waals surface area (Å²) in [6.07, 6.45) is 0.548. The SMILES string of the molecule is CC(C)(C)[C@@H](CO)N1CC(Br)CC1=O. The van der Waals surface area contributed by atoms with Crippen LogP contribution in [0.2, 0.25) is 0 Å². The number of likely N-dealkylation sites (tertiary alicyclic amines) is 1. The molecule has 0 radical (unpaired) electrons. The maximum absolute atomic E-state index is 11.6. The molecule has 1 fully saturated rings. The number of aliphatic hydroxyl groups is 1. The zero-order valence-corrected chi connectivity index (χ0v) is 10.5. The predicted octanol–water partition coefficient (Wildman–Crippen LogP) is 1.39. The number of nitrogens with zero attached hydrogens (tertiary/aromatic N) is 1. The van der Waals surface area contributed by atoms with Gasteiger partial charge in [0.1, 0.15) is 0 Å². The summed E-state index contributed by atoms with van der Waals surface area (Å²) in [4.78, 5) is 13.6. The summed E-state index contributed by atoms with van der Waals surface area (Å²) in [6.45, 7) is 6.88. The fourth-order valence-electron chi connectivity index (χ4n) is 1.83. The van der Waals surface area contributed by atoms with E-state index >= 15 is 0 Å². The Balaban J connectivity index is 2.76. The molecule has 0 aromatic rings. The van der Waals surface area contributed by atoms with Gasteiger partial charge in [0, 0.05) is 17.8 Å². The summed E-state index contributed by atoms with van der Waals surface area (Å²) in [5, 5.41) is 9.32. The molecule has 0 bridgehead atoms. The zero-order chi connectivity index (χ0) is 10.9. The van der Waals surface area contributed by atoms with Gasteiger partial charge in [-0.15, -0.1) is 0 Å². The van der Waals surface area contributed by atoms with Crippen LogP contribution in [0.25, 0.3) is 0 Å². The van der Waals surface area contributed by atoms with Crippen LogP contribution in [-0.2, 0) is 4.79 Å². The van der Waals surface area contributed by atoms with Crippen LogP contribution in [0.5, 0.6) is 0 Å². The molecule has 0 saturated carbocycles. The molecule has 1 unspecified atom stereocenters. The molecule has 1 saturated heterocycles. The van der Waals surface area contributed by atoms with Crippen molar-refractivity contribution in [3.63, 3.8) is 0 Å². The van der Waals surface area contributed by atoms with Gasteiger partial charge in [-0.05, 0) is 5.41 Å². The minimum Gasteiger partial charge on any atom is -0.394 e. The van der Waals surface area contributed by atoms with Crippen LogP contribution in [0.4, 0.5) is 0 Å². The topological polar surface area (TPSA) is 40.5 Å². The van der Waals surface area contributed by atoms with Gasteiger partial charge in [0.2, 0.25) is 5.91 Å². The van der Waals surface area contributed by atoms with Crippen LogP contribution < -0.4 is 0 Å². The number of alkyl halides is 1. The zero-order valence-electron chi connectivity index (χ0n) is 8.96. The number of amides is 1. The number of rotatable bonds is 2. The van der Waals surface area contributed by atoms with Gasteiger partial charge in [-0.3, -0.25) is 4.79 Å². The number of carbonyl (C=O) groups excluding carboxylic acids is 1. The Morgan fingerprint density at radius 3 is 2.50 bits per heavy atom. The molecule has 1 N–H and O–H groups in total. The quantitative estimate of drug-likeness (QED) is 0.766. The third kappa shape index (κ3) is 2.48. The highest BCUT2D eigenvalue weighted by Crippen LogP contribution is 2.29. The first-order chi connectivity index (χ1) is 6.36. The number of halogens is 1. The molecule has 3 nitrogen and oxygen atoms in total. The van der Waals surface area contributed by atoms with E-state index in [1.807, 2.05) is 20.8 Å². The van der Waals surface area contributed by atoms with E-state index in [9.17, 15) is 9.90 Å². The van der Waals surface area contributed by atoms with Crippen molar-refractivity contribution in [2.45, 2.75) is 38.1 Å². The standard InChI is InChI=1S/C10H18BrNO2/c1-10(2,3)8(6-13)12-5-7(11)4-9(12)14/h7-8,13H,4-6H2,1-3H3/t7?,8-/m1/s1. The van der Waals surface area contributed by atoms with Crippen LogP contribution in [0, 0.1) is 5.41 Å². The lowest BCUT2D eigenvalue weighted by Crippen LogP contribution is -2.47. The molecular weight excluding hydrogens is 246 g/mol. The number of carbonyl (C=O) groups is 1. The maximum Gasteiger partial charge on any atom is 0.224 e. The van der Waals surface area contributed by atoms with Gasteiger partial charge in [-0.1, -0.05) is 36.7 Å². The van der Waals surface area contributed by atoms with Gasteiger partial charge in [0.15, 0.2) is 0 Å². The molecule has 0 aromatic heterocycles. The maximum atomic E-state index is 11.6. The van der Waals surface area contributed by atoms with E-state index in [1.54, 1.807) is 4.90 Å². The summed E-state index contributed by atoms with van der Waals surface area (Å²) in [7, 11) is 0. The Labute approximate surface area is 93.6 Å². The molecule has 2 atom stereocenters. The molecule has 1 heterocycles. The lowest BCUT2D eigenvalue weighted by atomic mass is 9.86. The van der Waals surface area contributed by atoms with Gasteiger partial charge in [0.25, 0.3) is 0 Å². The number of aliphatic hydroxyl groups excluding tert-OH is 1. The molecule has 1 aliphatic rings. The molecule has 1 aliphatic heterocycles. The second-order valence-corrected chi connectivity index (χ2v) is 6.21. The molecule has 1 amide bonds. The molecular formula is C10H18BrNO2. The van der Waals surface area contributed by atoms with Gasteiger partial charge in [-0.25, -0.2) is 0 Å². The minimum absolute atomic E-state index is 0.0367. The first kappa shape index (κ1) is 12.0. The van der Waals surface area contributed by atoms with E-state index in [4.69, 9.17) is 0 Å². The van der Waals surface area contributed by atoms with Crippen molar-refractivity contribution in [2.75, 3.05) is 13.2 Å². The lowest BCUT2D eigenvalue weighted by Gasteiger charge is -2.36. The van der Waals surface area contributed by atoms with Crippen LogP contribution >= 0.6 is 15.9 Å². The molecule has 0 aliphatic carbocycles. The van der Waals surface area contributed by atoms with Crippen molar-refractivity contribution in [1.29, 1.82) is 0 Å². The van der Waals surface area contributed by atoms with Gasteiger partial charge < -0.3 is 10.0 Å². The van der Waals surface area contributed by atoms with Crippen molar-refractivity contribution in [3.05, 3.63) is 0 Å². The fraction of sp³-hybridized carbons (Fsp3) is 0.900. The Morgan fingerprint density at radius 1 is 1.64 bits per heavy atom. The summed E-state index contributed by atoms with van der Waals surface area (Å²) in [5.41, 5.74) is -0.0680. The van der Waals surface area contributed by atoms with E-state index < -0.39 is 0 Å². The number of hydrogen-bond acceptors (Lipinski definition) is 2. The second-order valence-electron chi connectivity index (χ2n) is 4.91. The van der Waals surface area contributed by atoms with E-state index in [1.165, 1.54) is 0 Å². The minimum atomic E-state index is -0.0717. The van der Waals surface area contributed by atoms with Crippen molar-refractivity contribution in [1.82, 2.24) is 4.90 Å². The lowest BCUT2D eigenvalue weighted by molar-refractivity contribution is -0.132. The smallest absolute Gasteiger partial charge is 0.224 e. The Bertz CT molecular complexity index is 225. The van der Waals surface area contributed by atoms with E-state index in [0.29, 0.717) is 13.0 Å². The van der Waals surface area contributed by atoms with Crippen LogP contribution in [-0.4, -0.2) is 39.9 Å². The molecule has 4 heteroatoms. The van der Waals surface area contributed by atoms with Crippen LogP contribution in [0.15, 0.2) is 0 Å². The summed E-state index contributed by atoms with van der Waals surface area (Å²) >= 11 is 3.44. The second kappa shape index (κ2) is 4.19. The van der Waals surface area contributed by atoms with Crippen molar-refractivity contribution >= 4 is 21.8 Å². The molecule has 82 valence electrons. The normalized spacial score (nSPS) is 25.6. The summed E-state index contributed by atoms with van der Waals surface area (Å²) in [5.74, 6) is 0.140. The number of hydrogen-bond donors (Lipinski definition) is 1. The fourth-order valence-corrected chi connectivity index (χ4v) is 2.42. The highest BCUT2D eigenvalue weighted by molar-refractivity contribution is 9.09. The average molecular weight is 264 g/mol. The highest BCUT2D eigenvalue weighted by Gasteiger charge is 2.38.